The molecule has 0 aliphatic rings. The zero-order valence-electron chi connectivity index (χ0n) is 18.6. The Labute approximate surface area is 207 Å². The number of hydrazone groups is 1. The van der Waals surface area contributed by atoms with Crippen LogP contribution in [0.5, 0.6) is 5.75 Å². The number of carbonyl (C=O) groups excluding carboxylic acids is 1. The summed E-state index contributed by atoms with van der Waals surface area (Å²) < 4.78 is 2.16. The zero-order chi connectivity index (χ0) is 24.2. The van der Waals surface area contributed by atoms with E-state index in [1.165, 1.54) is 18.2 Å². The van der Waals surface area contributed by atoms with E-state index in [0.717, 1.165) is 33.2 Å². The van der Waals surface area contributed by atoms with E-state index >= 15 is 0 Å². The van der Waals surface area contributed by atoms with E-state index in [0.29, 0.717) is 12.1 Å². The van der Waals surface area contributed by atoms with Gasteiger partial charge in [0.1, 0.15) is 5.75 Å². The lowest BCUT2D eigenvalue weighted by molar-refractivity contribution is 0.0955. The minimum Gasteiger partial charge on any atom is -0.506 e. The molecule has 35 heavy (non-hydrogen) atoms. The summed E-state index contributed by atoms with van der Waals surface area (Å²) in [5, 5.41) is 14.7. The van der Waals surface area contributed by atoms with Gasteiger partial charge in [0.05, 0.1) is 11.2 Å². The molecule has 0 saturated heterocycles. The van der Waals surface area contributed by atoms with Crippen molar-refractivity contribution in [3.8, 4) is 16.9 Å². The first-order valence-corrected chi connectivity index (χ1v) is 11.4. The van der Waals surface area contributed by atoms with Crippen LogP contribution in [0.15, 0.2) is 103 Å². The molecule has 3 aromatic carbocycles. The Kier molecular flexibility index (Phi) is 6.28. The van der Waals surface area contributed by atoms with Crippen LogP contribution in [0.3, 0.4) is 0 Å². The van der Waals surface area contributed by atoms with Crippen LogP contribution in [0.4, 0.5) is 0 Å². The molecule has 0 radical (unpaired) electrons. The zero-order valence-corrected chi connectivity index (χ0v) is 19.4. The van der Waals surface area contributed by atoms with E-state index in [2.05, 4.69) is 44.3 Å². The highest BCUT2D eigenvalue weighted by Gasteiger charge is 2.09. The Morgan fingerprint density at radius 1 is 1.00 bits per heavy atom. The molecule has 7 heteroatoms. The van der Waals surface area contributed by atoms with Crippen molar-refractivity contribution in [2.24, 2.45) is 5.10 Å². The van der Waals surface area contributed by atoms with E-state index < -0.39 is 5.91 Å². The largest absolute Gasteiger partial charge is 0.506 e. The topological polar surface area (TPSA) is 79.5 Å². The molecule has 0 spiro atoms. The van der Waals surface area contributed by atoms with Crippen LogP contribution in [0.25, 0.3) is 22.0 Å². The quantitative estimate of drug-likeness (QED) is 0.235. The number of hydrogen-bond donors (Lipinski definition) is 2. The minimum atomic E-state index is -0.418. The molecular weight excluding hydrogens is 460 g/mol. The Morgan fingerprint density at radius 3 is 2.69 bits per heavy atom. The van der Waals surface area contributed by atoms with Crippen LogP contribution in [0.1, 0.15) is 21.5 Å². The molecule has 0 atom stereocenters. The summed E-state index contributed by atoms with van der Waals surface area (Å²) >= 11 is 5.88. The number of nitrogens with zero attached hydrogens (tertiary/aromatic N) is 3. The second-order valence-corrected chi connectivity index (χ2v) is 8.44. The van der Waals surface area contributed by atoms with Gasteiger partial charge < -0.3 is 9.67 Å². The minimum absolute atomic E-state index is 0.0783. The summed E-state index contributed by atoms with van der Waals surface area (Å²) in [6.07, 6.45) is 7.41. The fraction of sp³-hybridized carbons (Fsp3) is 0.0357. The van der Waals surface area contributed by atoms with Gasteiger partial charge >= 0.3 is 0 Å². The SMILES string of the molecule is O=C(NN=Cc1cccc2c1ccn2Cc1cncc(-c2ccccc2)c1)c1ccc(O)c(Cl)c1. The number of benzene rings is 3. The smallest absolute Gasteiger partial charge is 0.271 e. The van der Waals surface area contributed by atoms with Crippen molar-refractivity contribution in [3.63, 3.8) is 0 Å². The fourth-order valence-corrected chi connectivity index (χ4v) is 4.11. The van der Waals surface area contributed by atoms with Gasteiger partial charge in [-0.1, -0.05) is 54.1 Å². The number of carbonyl (C=O) groups is 1. The number of fused-ring (bicyclic) bond motifs is 1. The van der Waals surface area contributed by atoms with Gasteiger partial charge in [-0.3, -0.25) is 9.78 Å². The molecule has 1 amide bonds. The summed E-state index contributed by atoms with van der Waals surface area (Å²) in [7, 11) is 0. The van der Waals surface area contributed by atoms with Crippen LogP contribution in [0.2, 0.25) is 5.02 Å². The molecule has 0 saturated carbocycles. The first kappa shape index (κ1) is 22.4. The summed E-state index contributed by atoms with van der Waals surface area (Å²) in [4.78, 5) is 16.8. The van der Waals surface area contributed by atoms with Crippen molar-refractivity contribution >= 4 is 34.6 Å². The van der Waals surface area contributed by atoms with Gasteiger partial charge in [0.2, 0.25) is 0 Å². The summed E-state index contributed by atoms with van der Waals surface area (Å²) in [6, 6.07) is 24.6. The number of phenols is 1. The Bertz CT molecular complexity index is 1540. The molecule has 172 valence electrons. The van der Waals surface area contributed by atoms with Crippen molar-refractivity contribution in [1.29, 1.82) is 0 Å². The van der Waals surface area contributed by atoms with E-state index in [-0.39, 0.29) is 10.8 Å². The van der Waals surface area contributed by atoms with Gasteiger partial charge in [0, 0.05) is 52.7 Å². The monoisotopic (exact) mass is 480 g/mol. The van der Waals surface area contributed by atoms with Gasteiger partial charge in [0.25, 0.3) is 5.91 Å². The fourth-order valence-electron chi connectivity index (χ4n) is 3.93. The Balaban J connectivity index is 1.34. The second-order valence-electron chi connectivity index (χ2n) is 8.04. The summed E-state index contributed by atoms with van der Waals surface area (Å²) in [6.45, 7) is 0.677. The van der Waals surface area contributed by atoms with Crippen LogP contribution in [-0.2, 0) is 6.54 Å². The third-order valence-corrected chi connectivity index (χ3v) is 5.98. The van der Waals surface area contributed by atoms with Crippen molar-refractivity contribution < 1.29 is 9.90 Å². The van der Waals surface area contributed by atoms with Gasteiger partial charge in [-0.25, -0.2) is 5.43 Å². The van der Waals surface area contributed by atoms with E-state index in [9.17, 15) is 9.90 Å². The number of aromatic nitrogens is 2. The van der Waals surface area contributed by atoms with E-state index in [1.54, 1.807) is 6.21 Å². The van der Waals surface area contributed by atoms with Crippen molar-refractivity contribution in [3.05, 3.63) is 119 Å². The van der Waals surface area contributed by atoms with E-state index in [1.807, 2.05) is 55.0 Å². The standard InChI is InChI=1S/C28H21ClN4O2/c29-25-14-21(9-10-27(25)34)28(35)32-31-17-22-7-4-8-26-24(22)11-12-33(26)18-19-13-23(16-30-15-19)20-5-2-1-3-6-20/h1-17,34H,18H2,(H,32,35). The molecule has 2 heterocycles. The van der Waals surface area contributed by atoms with E-state index in [4.69, 9.17) is 11.6 Å². The number of halogens is 1. The van der Waals surface area contributed by atoms with Crippen LogP contribution in [0, 0.1) is 0 Å². The maximum atomic E-state index is 12.3. The number of amides is 1. The van der Waals surface area contributed by atoms with Crippen molar-refractivity contribution in [2.45, 2.75) is 6.54 Å². The average molecular weight is 481 g/mol. The predicted molar refractivity (Wildman–Crippen MR) is 139 cm³/mol. The molecule has 0 bridgehead atoms. The van der Waals surface area contributed by atoms with Crippen molar-refractivity contribution in [2.75, 3.05) is 0 Å². The van der Waals surface area contributed by atoms with Crippen LogP contribution in [-0.4, -0.2) is 26.8 Å². The Morgan fingerprint density at radius 2 is 1.86 bits per heavy atom. The molecule has 0 aliphatic carbocycles. The number of pyridine rings is 1. The molecule has 0 aliphatic heterocycles. The molecule has 2 aromatic heterocycles. The van der Waals surface area contributed by atoms with Crippen LogP contribution >= 0.6 is 11.6 Å². The van der Waals surface area contributed by atoms with Gasteiger partial charge in [-0.05, 0) is 47.5 Å². The first-order chi connectivity index (χ1) is 17.1. The maximum absolute atomic E-state index is 12.3. The number of aromatic hydroxyl groups is 1. The highest BCUT2D eigenvalue weighted by atomic mass is 35.5. The third-order valence-electron chi connectivity index (χ3n) is 5.68. The summed E-state index contributed by atoms with van der Waals surface area (Å²) in [5.41, 5.74) is 8.05. The highest BCUT2D eigenvalue weighted by molar-refractivity contribution is 6.32. The lowest BCUT2D eigenvalue weighted by atomic mass is 10.1. The molecule has 5 aromatic rings. The first-order valence-electron chi connectivity index (χ1n) is 11.0. The van der Waals surface area contributed by atoms with Crippen molar-refractivity contribution in [1.82, 2.24) is 15.0 Å². The molecular formula is C28H21ClN4O2. The normalized spacial score (nSPS) is 11.2. The number of hydrogen-bond acceptors (Lipinski definition) is 4. The lowest BCUT2D eigenvalue weighted by Gasteiger charge is -2.08. The third kappa shape index (κ3) is 4.93. The molecule has 2 N–H and O–H groups in total. The van der Waals surface area contributed by atoms with Gasteiger partial charge in [-0.2, -0.15) is 5.10 Å². The molecule has 5 rings (SSSR count). The maximum Gasteiger partial charge on any atom is 0.271 e. The van der Waals surface area contributed by atoms with Crippen LogP contribution < -0.4 is 5.43 Å². The average Bonchev–Trinajstić information content (AvgIpc) is 3.30. The van der Waals surface area contributed by atoms with Gasteiger partial charge in [-0.15, -0.1) is 0 Å². The molecule has 0 unspecified atom stereocenters. The lowest BCUT2D eigenvalue weighted by Crippen LogP contribution is -2.17. The Hall–Kier alpha value is -4.42. The number of nitrogens with one attached hydrogen (secondary N) is 1. The second kappa shape index (κ2) is 9.83. The molecule has 6 nitrogen and oxygen atoms in total. The number of rotatable bonds is 6. The summed E-state index contributed by atoms with van der Waals surface area (Å²) in [5.74, 6) is -0.496. The predicted octanol–water partition coefficient (Wildman–Crippen LogP) is 5.87. The number of phenolic OH excluding ortho intramolecular Hbond substituents is 1. The highest BCUT2D eigenvalue weighted by Crippen LogP contribution is 2.24. The van der Waals surface area contributed by atoms with Gasteiger partial charge in [0.15, 0.2) is 0 Å². The molecule has 0 fully saturated rings.